The first-order chi connectivity index (χ1) is 36.0. The lowest BCUT2D eigenvalue weighted by atomic mass is 9.42. The van der Waals surface area contributed by atoms with E-state index >= 15 is 0 Å². The van der Waals surface area contributed by atoms with Gasteiger partial charge in [0, 0.05) is 58.7 Å². The van der Waals surface area contributed by atoms with Crippen LogP contribution < -0.4 is 15.7 Å². The van der Waals surface area contributed by atoms with E-state index in [1.54, 1.807) is 11.1 Å². The summed E-state index contributed by atoms with van der Waals surface area (Å²) in [6.45, 7) is 2.41. The summed E-state index contributed by atoms with van der Waals surface area (Å²) in [6.07, 6.45) is 16.5. The number of thiophene rings is 1. The topological polar surface area (TPSA) is 21.3 Å². The summed E-state index contributed by atoms with van der Waals surface area (Å²) in [4.78, 5) is 2.78. The summed E-state index contributed by atoms with van der Waals surface area (Å²) in [6, 6.07) is 59.5. The van der Waals surface area contributed by atoms with Gasteiger partial charge in [0.2, 0.25) is 0 Å². The van der Waals surface area contributed by atoms with Crippen molar-refractivity contribution in [1.29, 1.82) is 0 Å². The van der Waals surface area contributed by atoms with Gasteiger partial charge in [0.25, 0.3) is 0 Å². The quantitative estimate of drug-likeness (QED) is 0.160. The number of aromatic nitrogens is 1. The molecule has 6 saturated carbocycles. The molecule has 0 amide bonds. The van der Waals surface area contributed by atoms with Crippen molar-refractivity contribution >= 4 is 104 Å². The van der Waals surface area contributed by atoms with Crippen LogP contribution >= 0.6 is 11.3 Å². The molecule has 73 heavy (non-hydrogen) atoms. The summed E-state index contributed by atoms with van der Waals surface area (Å²) in [5.41, 5.74) is 20.0. The number of furan rings is 1. The summed E-state index contributed by atoms with van der Waals surface area (Å²) < 4.78 is 12.7. The molecule has 0 saturated heterocycles. The molecule has 3 nitrogen and oxygen atoms in total. The van der Waals surface area contributed by atoms with Crippen LogP contribution in [0.4, 0.5) is 11.4 Å². The Morgan fingerprint density at radius 1 is 0.562 bits per heavy atom. The summed E-state index contributed by atoms with van der Waals surface area (Å²) in [5.74, 6) is 4.30. The van der Waals surface area contributed by atoms with Gasteiger partial charge in [-0.25, -0.2) is 0 Å². The van der Waals surface area contributed by atoms with Crippen LogP contribution in [0.25, 0.3) is 91.9 Å². The van der Waals surface area contributed by atoms with Crippen molar-refractivity contribution in [3.05, 3.63) is 163 Å². The van der Waals surface area contributed by atoms with Gasteiger partial charge < -0.3 is 13.8 Å². The molecule has 2 atom stereocenters. The van der Waals surface area contributed by atoms with Crippen LogP contribution in [0.2, 0.25) is 0 Å². The molecule has 6 bridgehead atoms. The van der Waals surface area contributed by atoms with Gasteiger partial charge >= 0.3 is 6.85 Å². The predicted molar refractivity (Wildman–Crippen MR) is 307 cm³/mol. The van der Waals surface area contributed by atoms with E-state index in [2.05, 4.69) is 168 Å². The van der Waals surface area contributed by atoms with Crippen LogP contribution in [0.15, 0.2) is 156 Å². The molecular formula is C68H57BN2OS. The fourth-order valence-corrected chi connectivity index (χ4v) is 19.4. The van der Waals surface area contributed by atoms with Crippen LogP contribution in [0.3, 0.4) is 0 Å². The van der Waals surface area contributed by atoms with Gasteiger partial charge in [0.05, 0.1) is 16.7 Å². The fourth-order valence-electron chi connectivity index (χ4n) is 18.2. The molecule has 5 heterocycles. The Bertz CT molecular complexity index is 4150. The Labute approximate surface area is 430 Å². The number of hydrogen-bond donors (Lipinski definition) is 0. The summed E-state index contributed by atoms with van der Waals surface area (Å²) in [7, 11) is 0. The van der Waals surface area contributed by atoms with Crippen molar-refractivity contribution < 1.29 is 4.42 Å². The first kappa shape index (κ1) is 40.9. The molecule has 0 radical (unpaired) electrons. The number of fused-ring (bicyclic) bond motifs is 16. The van der Waals surface area contributed by atoms with E-state index in [1.165, 1.54) is 180 Å². The number of para-hydroxylation sites is 1. The van der Waals surface area contributed by atoms with E-state index < -0.39 is 0 Å². The average molecular weight is 961 g/mol. The van der Waals surface area contributed by atoms with E-state index in [1.807, 2.05) is 11.3 Å². The number of nitrogens with zero attached hydrogens (tertiary/aromatic N) is 2. The lowest BCUT2D eigenvalue weighted by Crippen LogP contribution is -2.61. The second-order valence-corrected chi connectivity index (χ2v) is 25.7. The molecular weight excluding hydrogens is 904 g/mol. The minimum atomic E-state index is -0.0897. The third kappa shape index (κ3) is 5.47. The van der Waals surface area contributed by atoms with E-state index in [0.717, 1.165) is 40.8 Å². The van der Waals surface area contributed by atoms with Crippen molar-refractivity contribution in [3.63, 3.8) is 0 Å². The van der Waals surface area contributed by atoms with Crippen LogP contribution in [0.5, 0.6) is 0 Å². The predicted octanol–water partition coefficient (Wildman–Crippen LogP) is 17.3. The maximum absolute atomic E-state index is 7.33. The molecule has 6 aliphatic carbocycles. The molecule has 11 aromatic rings. The fraction of sp³-hybridized carbons (Fsp3) is 0.294. The third-order valence-corrected chi connectivity index (χ3v) is 22.0. The van der Waals surface area contributed by atoms with Crippen LogP contribution in [0, 0.1) is 29.6 Å². The molecule has 2 aliphatic heterocycles. The van der Waals surface area contributed by atoms with E-state index in [-0.39, 0.29) is 17.7 Å². The molecule has 0 spiro atoms. The smallest absolute Gasteiger partial charge is 0.333 e. The zero-order chi connectivity index (χ0) is 47.5. The largest absolute Gasteiger partial charge is 0.454 e. The van der Waals surface area contributed by atoms with E-state index in [4.69, 9.17) is 4.42 Å². The molecule has 0 N–H and O–H groups in total. The first-order valence-electron chi connectivity index (χ1n) is 28.0. The van der Waals surface area contributed by atoms with Crippen molar-refractivity contribution in [2.45, 2.75) is 94.8 Å². The maximum Gasteiger partial charge on any atom is 0.333 e. The van der Waals surface area contributed by atoms with Gasteiger partial charge in [0.15, 0.2) is 5.58 Å². The number of hydrogen-bond acceptors (Lipinski definition) is 3. The highest BCUT2D eigenvalue weighted by molar-refractivity contribution is 7.25. The van der Waals surface area contributed by atoms with Gasteiger partial charge in [-0.1, -0.05) is 111 Å². The SMILES string of the molecule is CCC1(c2ccc3c(c2)c2cc(C45CC6CC(CC(C6)C4)C5)cc4c2n3-c2c3c(cc5c2oc2ccccc25)-c2cc5c(cc2N(c2ccc(-c6ccccc6)cc2)B34)sc2ccccc25)CC2CCC(C2)C1. The van der Waals surface area contributed by atoms with Gasteiger partial charge in [-0.15, -0.1) is 11.3 Å². The zero-order valence-electron chi connectivity index (χ0n) is 41.6. The highest BCUT2D eigenvalue weighted by Gasteiger charge is 2.53. The van der Waals surface area contributed by atoms with Crippen molar-refractivity contribution in [1.82, 2.24) is 4.57 Å². The number of benzene rings is 8. The second kappa shape index (κ2) is 14.4. The first-order valence-corrected chi connectivity index (χ1v) is 28.8. The molecule has 8 aliphatic rings. The average Bonchev–Trinajstić information content (AvgIpc) is 4.22. The van der Waals surface area contributed by atoms with Gasteiger partial charge in [-0.05, 0) is 204 Å². The van der Waals surface area contributed by atoms with Crippen LogP contribution in [-0.4, -0.2) is 11.4 Å². The van der Waals surface area contributed by atoms with Crippen molar-refractivity contribution in [3.8, 4) is 27.9 Å². The summed E-state index contributed by atoms with van der Waals surface area (Å²) >= 11 is 1.94. The monoisotopic (exact) mass is 960 g/mol. The Morgan fingerprint density at radius 2 is 1.25 bits per heavy atom. The third-order valence-electron chi connectivity index (χ3n) is 20.9. The molecule has 19 rings (SSSR count). The Morgan fingerprint density at radius 3 is 2.03 bits per heavy atom. The Balaban J connectivity index is 0.990. The highest BCUT2D eigenvalue weighted by atomic mass is 32.1. The lowest BCUT2D eigenvalue weighted by Gasteiger charge is -2.57. The maximum atomic E-state index is 7.33. The minimum absolute atomic E-state index is 0.0897. The van der Waals surface area contributed by atoms with Crippen LogP contribution in [-0.2, 0) is 10.8 Å². The molecule has 5 heteroatoms. The normalized spacial score (nSPS) is 26.3. The summed E-state index contributed by atoms with van der Waals surface area (Å²) in [5, 5.41) is 7.96. The molecule has 354 valence electrons. The van der Waals surface area contributed by atoms with Crippen LogP contribution in [0.1, 0.15) is 95.1 Å². The molecule has 2 unspecified atom stereocenters. The van der Waals surface area contributed by atoms with E-state index in [0.29, 0.717) is 0 Å². The zero-order valence-corrected chi connectivity index (χ0v) is 42.4. The lowest BCUT2D eigenvalue weighted by molar-refractivity contribution is -0.00509. The molecule has 8 aromatic carbocycles. The highest BCUT2D eigenvalue weighted by Crippen LogP contribution is 2.62. The minimum Gasteiger partial charge on any atom is -0.454 e. The molecule has 3 aromatic heterocycles. The van der Waals surface area contributed by atoms with E-state index in [9.17, 15) is 0 Å². The van der Waals surface area contributed by atoms with Crippen molar-refractivity contribution in [2.75, 3.05) is 4.81 Å². The Hall–Kier alpha value is -6.56. The number of rotatable bonds is 5. The standard InChI is InChI=1S/C68H57BN2OS/c1-2-67(34-39-16-17-40(24-39)35-67)46-20-23-58-51(28-46)55-29-47(68-36-41-25-42(37-68)27-43(26-41)38-68)30-57-64(55)70(58)65-63-54(32-56-49-12-6-8-14-60(49)72-66(56)65)52-31-53-50-13-7-9-15-61(50)73-62(53)33-59(52)71(69(57)63)48-21-18-45(19-22-48)44-10-4-3-5-11-44/h3-15,18-23,28-33,39-43H,2,16-17,24-27,34-38H2,1H3. The van der Waals surface area contributed by atoms with Gasteiger partial charge in [-0.2, -0.15) is 0 Å². The van der Waals surface area contributed by atoms with Gasteiger partial charge in [-0.3, -0.25) is 0 Å². The second-order valence-electron chi connectivity index (χ2n) is 24.6. The molecule has 6 fully saturated rings. The van der Waals surface area contributed by atoms with Crippen molar-refractivity contribution in [2.24, 2.45) is 29.6 Å². The Kier molecular flexibility index (Phi) is 8.06. The number of anilines is 2. The van der Waals surface area contributed by atoms with Gasteiger partial charge in [0.1, 0.15) is 5.58 Å².